The lowest BCUT2D eigenvalue weighted by Gasteiger charge is -2.30. The molecule has 27 heavy (non-hydrogen) atoms. The van der Waals surface area contributed by atoms with E-state index in [4.69, 9.17) is 0 Å². The summed E-state index contributed by atoms with van der Waals surface area (Å²) in [5.41, 5.74) is -3.75. The Morgan fingerprint density at radius 3 is 2.70 bits per heavy atom. The van der Waals surface area contributed by atoms with E-state index in [0.717, 1.165) is 11.8 Å². The molecule has 0 N–H and O–H groups in total. The van der Waals surface area contributed by atoms with Crippen LogP contribution < -0.4 is 5.69 Å². The normalized spacial score (nSPS) is 20.8. The number of aromatic nitrogens is 3. The van der Waals surface area contributed by atoms with Crippen LogP contribution in [-0.2, 0) is 18.4 Å². The third-order valence-electron chi connectivity index (χ3n) is 4.79. The van der Waals surface area contributed by atoms with E-state index in [1.165, 1.54) is 40.6 Å². The number of nitrogens with zero attached hydrogens (tertiary/aromatic N) is 4. The van der Waals surface area contributed by atoms with Gasteiger partial charge in [0, 0.05) is 36.8 Å². The van der Waals surface area contributed by atoms with Gasteiger partial charge in [0.05, 0.1) is 5.52 Å². The molecule has 0 aliphatic carbocycles. The number of likely N-dealkylation sites (tertiary alicyclic amines) is 1. The Bertz CT molecular complexity index is 1050. The second kappa shape index (κ2) is 6.29. The predicted molar refractivity (Wildman–Crippen MR) is 98.3 cm³/mol. The van der Waals surface area contributed by atoms with E-state index in [2.05, 4.69) is 4.98 Å². The molecule has 4 rings (SSSR count). The third-order valence-corrected chi connectivity index (χ3v) is 6.74. The first-order valence-electron chi connectivity index (χ1n) is 8.35. The second-order valence-corrected chi connectivity index (χ2v) is 8.49. The lowest BCUT2D eigenvalue weighted by atomic mass is 10.2. The number of thiol groups is 1. The number of amides is 1. The average molecular weight is 398 g/mol. The van der Waals surface area contributed by atoms with Gasteiger partial charge in [0.1, 0.15) is 6.54 Å². The summed E-state index contributed by atoms with van der Waals surface area (Å²) < 4.78 is 42.4. The van der Waals surface area contributed by atoms with Crippen molar-refractivity contribution in [3.05, 3.63) is 45.9 Å². The van der Waals surface area contributed by atoms with Crippen LogP contribution in [0.25, 0.3) is 16.1 Å². The van der Waals surface area contributed by atoms with Gasteiger partial charge < -0.3 is 4.90 Å². The highest BCUT2D eigenvalue weighted by Gasteiger charge is 2.39. The van der Waals surface area contributed by atoms with Crippen molar-refractivity contribution in [3.63, 3.8) is 0 Å². The van der Waals surface area contributed by atoms with Crippen LogP contribution in [0.4, 0.5) is 13.2 Å². The fourth-order valence-electron chi connectivity index (χ4n) is 3.21. The Hall–Kier alpha value is -2.49. The molecule has 2 aromatic heterocycles. The highest BCUT2D eigenvalue weighted by molar-refractivity contribution is 8.28. The van der Waals surface area contributed by atoms with E-state index in [1.54, 1.807) is 4.90 Å². The van der Waals surface area contributed by atoms with Gasteiger partial charge in [-0.2, -0.15) is 13.2 Å². The van der Waals surface area contributed by atoms with Crippen LogP contribution in [0.2, 0.25) is 0 Å². The van der Waals surface area contributed by atoms with Gasteiger partial charge in [-0.25, -0.2) is 9.78 Å². The molecule has 1 amide bonds. The number of pyridine rings is 1. The molecular formula is C17H17F3N4O2S. The van der Waals surface area contributed by atoms with Crippen molar-refractivity contribution in [1.82, 2.24) is 19.0 Å². The first kappa shape index (κ1) is 17.9. The molecule has 0 aromatic carbocycles. The maximum atomic E-state index is 13.3. The molecule has 6 nitrogen and oxygen atoms in total. The van der Waals surface area contributed by atoms with Crippen LogP contribution in [0.15, 0.2) is 34.6 Å². The van der Waals surface area contributed by atoms with E-state index in [-0.39, 0.29) is 17.4 Å². The smallest absolute Gasteiger partial charge is 0.341 e. The number of hydrogen-bond acceptors (Lipinski definition) is 3. The van der Waals surface area contributed by atoms with Gasteiger partial charge in [0.2, 0.25) is 5.91 Å². The molecule has 4 heterocycles. The van der Waals surface area contributed by atoms with Gasteiger partial charge in [-0.1, -0.05) is 6.08 Å². The van der Waals surface area contributed by atoms with Gasteiger partial charge in [-0.05, 0) is 24.0 Å². The van der Waals surface area contributed by atoms with Crippen molar-refractivity contribution < 1.29 is 18.0 Å². The second-order valence-electron chi connectivity index (χ2n) is 6.46. The molecule has 2 aromatic rings. The summed E-state index contributed by atoms with van der Waals surface area (Å²) >= 11 is 0. The number of hydrogen-bond donors (Lipinski definition) is 1. The fourth-order valence-corrected chi connectivity index (χ4v) is 4.72. The van der Waals surface area contributed by atoms with E-state index in [0.29, 0.717) is 29.8 Å². The van der Waals surface area contributed by atoms with Gasteiger partial charge in [-0.3, -0.25) is 13.9 Å². The number of rotatable bonds is 3. The summed E-state index contributed by atoms with van der Waals surface area (Å²) in [7, 11) is -0.912. The molecule has 0 saturated carbocycles. The maximum Gasteiger partial charge on any atom is 0.430 e. The van der Waals surface area contributed by atoms with E-state index in [9.17, 15) is 22.8 Å². The van der Waals surface area contributed by atoms with Gasteiger partial charge >= 0.3 is 11.2 Å². The number of aryl methyl sites for hydroxylation is 1. The van der Waals surface area contributed by atoms with Gasteiger partial charge in [0.15, 0.2) is 5.65 Å². The maximum absolute atomic E-state index is 13.3. The van der Waals surface area contributed by atoms with E-state index in [1.807, 2.05) is 0 Å². The number of carbonyl (C=O) groups is 1. The average Bonchev–Trinajstić information content (AvgIpc) is 3.13. The SMILES string of the molecule is Cn1c(=O)n(CC(=O)N2CCC2)c2cc(C3=CC=C[SH]3C(F)(F)F)cnc21. The Morgan fingerprint density at radius 2 is 2.07 bits per heavy atom. The van der Waals surface area contributed by atoms with Crippen LogP contribution >= 0.6 is 10.9 Å². The van der Waals surface area contributed by atoms with Crippen LogP contribution in [0.1, 0.15) is 12.0 Å². The van der Waals surface area contributed by atoms with Crippen LogP contribution in [0, 0.1) is 0 Å². The molecule has 0 bridgehead atoms. The molecule has 2 aliphatic heterocycles. The zero-order valence-corrected chi connectivity index (χ0v) is 15.3. The van der Waals surface area contributed by atoms with Gasteiger partial charge in [-0.15, -0.1) is 10.9 Å². The molecule has 1 atom stereocenters. The first-order valence-corrected chi connectivity index (χ1v) is 9.76. The number of alkyl halides is 3. The highest BCUT2D eigenvalue weighted by Crippen LogP contribution is 2.58. The monoisotopic (exact) mass is 398 g/mol. The van der Waals surface area contributed by atoms with Crippen molar-refractivity contribution in [2.75, 3.05) is 13.1 Å². The zero-order valence-electron chi connectivity index (χ0n) is 14.4. The number of fused-ring (bicyclic) bond motifs is 1. The van der Waals surface area contributed by atoms with Crippen LogP contribution in [-0.4, -0.2) is 43.5 Å². The highest BCUT2D eigenvalue weighted by atomic mass is 32.2. The first-order chi connectivity index (χ1) is 12.8. The summed E-state index contributed by atoms with van der Waals surface area (Å²) in [6.07, 6.45) is 5.11. The Morgan fingerprint density at radius 1 is 1.33 bits per heavy atom. The standard InChI is InChI=1S/C17H17F3N4O2S/c1-22-15-12(24(16(22)26)10-14(25)23-5-3-6-23)8-11(9-21-15)13-4-2-7-27(13)17(18,19)20/h2,4,7-9,27H,3,5-6,10H2,1H3. The van der Waals surface area contributed by atoms with Crippen molar-refractivity contribution in [2.24, 2.45) is 7.05 Å². The predicted octanol–water partition coefficient (Wildman–Crippen LogP) is 2.36. The minimum absolute atomic E-state index is 0.142. The number of carbonyl (C=O) groups excluding carboxylic acids is 1. The number of imidazole rings is 1. The third kappa shape index (κ3) is 2.97. The summed E-state index contributed by atoms with van der Waals surface area (Å²) in [5, 5.41) is 1.15. The van der Waals surface area contributed by atoms with E-state index < -0.39 is 22.1 Å². The largest absolute Gasteiger partial charge is 0.430 e. The molecule has 2 aliphatic rings. The lowest BCUT2D eigenvalue weighted by Crippen LogP contribution is -2.44. The minimum atomic E-state index is -4.34. The van der Waals surface area contributed by atoms with Gasteiger partial charge in [0.25, 0.3) is 0 Å². The zero-order chi connectivity index (χ0) is 19.3. The molecule has 0 radical (unpaired) electrons. The summed E-state index contributed by atoms with van der Waals surface area (Å²) in [6, 6.07) is 1.52. The summed E-state index contributed by atoms with van der Waals surface area (Å²) in [4.78, 5) is 30.8. The van der Waals surface area contributed by atoms with Crippen LogP contribution in [0.5, 0.6) is 0 Å². The quantitative estimate of drug-likeness (QED) is 0.808. The van der Waals surface area contributed by atoms with Crippen molar-refractivity contribution in [2.45, 2.75) is 18.5 Å². The lowest BCUT2D eigenvalue weighted by molar-refractivity contribution is -0.135. The molecule has 144 valence electrons. The molecule has 1 saturated heterocycles. The molecule has 1 fully saturated rings. The number of allylic oxidation sites excluding steroid dienone is 2. The Labute approximate surface area is 154 Å². The topological polar surface area (TPSA) is 60.1 Å². The Balaban J connectivity index is 1.76. The van der Waals surface area contributed by atoms with E-state index >= 15 is 0 Å². The van der Waals surface area contributed by atoms with Crippen molar-refractivity contribution in [1.29, 1.82) is 0 Å². The summed E-state index contributed by atoms with van der Waals surface area (Å²) in [6.45, 7) is 1.18. The minimum Gasteiger partial charge on any atom is -0.341 e. The fraction of sp³-hybridized carbons (Fsp3) is 0.353. The van der Waals surface area contributed by atoms with Crippen LogP contribution in [0.3, 0.4) is 0 Å². The van der Waals surface area contributed by atoms with Crippen molar-refractivity contribution >= 4 is 32.9 Å². The molecule has 0 spiro atoms. The molecule has 10 heteroatoms. The molecule has 1 unspecified atom stereocenters. The molecular weight excluding hydrogens is 381 g/mol. The number of halogens is 3. The Kier molecular flexibility index (Phi) is 4.17. The summed E-state index contributed by atoms with van der Waals surface area (Å²) in [5.74, 6) is -0.180. The van der Waals surface area contributed by atoms with Crippen molar-refractivity contribution in [3.8, 4) is 0 Å².